The topological polar surface area (TPSA) is 55.5 Å². The van der Waals surface area contributed by atoms with Crippen LogP contribution < -0.4 is 4.90 Å². The third kappa shape index (κ3) is 3.86. The summed E-state index contributed by atoms with van der Waals surface area (Å²) in [5.74, 6) is 0.108. The van der Waals surface area contributed by atoms with E-state index in [-0.39, 0.29) is 5.91 Å². The first-order valence-corrected chi connectivity index (χ1v) is 12.8. The molecule has 0 saturated carbocycles. The Labute approximate surface area is 212 Å². The Kier molecular flexibility index (Phi) is 5.56. The number of amides is 1. The van der Waals surface area contributed by atoms with Crippen molar-refractivity contribution >= 4 is 22.6 Å². The van der Waals surface area contributed by atoms with Crippen LogP contribution in [-0.2, 0) is 6.42 Å². The first-order valence-electron chi connectivity index (χ1n) is 12.8. The first-order chi connectivity index (χ1) is 17.4. The molecule has 2 aromatic carbocycles. The molecule has 0 bridgehead atoms. The van der Waals surface area contributed by atoms with Crippen LogP contribution in [0.15, 0.2) is 48.8 Å². The molecular formula is C30H33N5O. The molecule has 1 fully saturated rings. The second kappa shape index (κ2) is 8.79. The number of nitrogens with one attached hydrogen (secondary N) is 1. The fraction of sp³-hybridized carbons (Fsp3) is 0.333. The Hall–Kier alpha value is -3.64. The molecule has 2 aliphatic heterocycles. The molecular weight excluding hydrogens is 446 g/mol. The number of carbonyl (C=O) groups excluding carboxylic acids is 1. The van der Waals surface area contributed by atoms with Gasteiger partial charge < -0.3 is 19.7 Å². The van der Waals surface area contributed by atoms with Crippen LogP contribution in [0.2, 0.25) is 0 Å². The first kappa shape index (κ1) is 22.8. The summed E-state index contributed by atoms with van der Waals surface area (Å²) in [6, 6.07) is 13.1. The molecule has 4 heterocycles. The molecule has 0 spiro atoms. The number of H-pyrrole nitrogens is 1. The highest BCUT2D eigenvalue weighted by molar-refractivity contribution is 5.99. The maximum atomic E-state index is 12.5. The fourth-order valence-corrected chi connectivity index (χ4v) is 5.82. The second-order valence-electron chi connectivity index (χ2n) is 10.4. The molecule has 6 rings (SSSR count). The Balaban J connectivity index is 1.37. The van der Waals surface area contributed by atoms with Crippen LogP contribution in [0.4, 0.5) is 5.69 Å². The predicted molar refractivity (Wildman–Crippen MR) is 147 cm³/mol. The molecule has 0 radical (unpaired) electrons. The average Bonchev–Trinajstić information content (AvgIpc) is 3.30. The van der Waals surface area contributed by atoms with E-state index in [2.05, 4.69) is 66.0 Å². The number of rotatable bonds is 3. The molecule has 1 amide bonds. The minimum absolute atomic E-state index is 0.108. The zero-order valence-electron chi connectivity index (χ0n) is 21.6. The Morgan fingerprint density at radius 2 is 1.58 bits per heavy atom. The lowest BCUT2D eigenvalue weighted by molar-refractivity contribution is 0.0781. The van der Waals surface area contributed by atoms with Gasteiger partial charge in [0.1, 0.15) is 5.65 Å². The SMILES string of the molecule is Cc1cc(-c2cnc3[nH]cc(-c4ccc5c(c4)CCN(C)C5=O)c3c2)cc(C)c1N1CCN(C)CC1. The zero-order valence-corrected chi connectivity index (χ0v) is 21.6. The molecule has 2 aromatic heterocycles. The van der Waals surface area contributed by atoms with Gasteiger partial charge in [-0.25, -0.2) is 4.98 Å². The number of hydrogen-bond donors (Lipinski definition) is 1. The number of aryl methyl sites for hydroxylation is 2. The summed E-state index contributed by atoms with van der Waals surface area (Å²) in [6.45, 7) is 9.56. The van der Waals surface area contributed by atoms with Gasteiger partial charge in [-0.1, -0.05) is 12.1 Å². The normalized spacial score (nSPS) is 16.6. The van der Waals surface area contributed by atoms with Crippen molar-refractivity contribution in [1.82, 2.24) is 19.8 Å². The van der Waals surface area contributed by atoms with E-state index in [9.17, 15) is 4.79 Å². The molecule has 1 N–H and O–H groups in total. The van der Waals surface area contributed by atoms with Gasteiger partial charge in [0.05, 0.1) is 0 Å². The number of fused-ring (bicyclic) bond motifs is 2. The average molecular weight is 480 g/mol. The molecule has 0 aliphatic carbocycles. The number of likely N-dealkylation sites (N-methyl/N-ethyl adjacent to an activating group) is 2. The largest absolute Gasteiger partial charge is 0.369 e. The van der Waals surface area contributed by atoms with E-state index in [4.69, 9.17) is 4.98 Å². The minimum Gasteiger partial charge on any atom is -0.369 e. The lowest BCUT2D eigenvalue weighted by atomic mass is 9.93. The van der Waals surface area contributed by atoms with Crippen LogP contribution in [0, 0.1) is 13.8 Å². The van der Waals surface area contributed by atoms with Gasteiger partial charge in [-0.3, -0.25) is 4.79 Å². The maximum absolute atomic E-state index is 12.5. The van der Waals surface area contributed by atoms with Gasteiger partial charge in [-0.15, -0.1) is 0 Å². The summed E-state index contributed by atoms with van der Waals surface area (Å²) < 4.78 is 0. The van der Waals surface area contributed by atoms with Crippen molar-refractivity contribution in [2.75, 3.05) is 51.7 Å². The van der Waals surface area contributed by atoms with Crippen LogP contribution in [0.1, 0.15) is 27.0 Å². The maximum Gasteiger partial charge on any atom is 0.253 e. The molecule has 4 aromatic rings. The summed E-state index contributed by atoms with van der Waals surface area (Å²) in [4.78, 5) is 27.3. The number of benzene rings is 2. The highest BCUT2D eigenvalue weighted by atomic mass is 16.2. The smallest absolute Gasteiger partial charge is 0.253 e. The molecule has 184 valence electrons. The van der Waals surface area contributed by atoms with E-state index in [1.165, 1.54) is 22.4 Å². The standard InChI is InChI=1S/C30H33N5O/c1-19-13-23(14-20(2)28(19)35-11-9-33(3)10-12-35)24-16-26-27(18-32-29(26)31-17-24)21-5-6-25-22(15-21)7-8-34(4)30(25)36/h5-6,13-18H,7-12H2,1-4H3,(H,31,32). The van der Waals surface area contributed by atoms with Crippen molar-refractivity contribution in [2.45, 2.75) is 20.3 Å². The van der Waals surface area contributed by atoms with Crippen LogP contribution in [0.3, 0.4) is 0 Å². The van der Waals surface area contributed by atoms with E-state index in [1.54, 1.807) is 4.90 Å². The molecule has 6 nitrogen and oxygen atoms in total. The number of nitrogens with zero attached hydrogens (tertiary/aromatic N) is 4. The molecule has 36 heavy (non-hydrogen) atoms. The number of aromatic nitrogens is 2. The van der Waals surface area contributed by atoms with Crippen molar-refractivity contribution in [3.63, 3.8) is 0 Å². The predicted octanol–water partition coefficient (Wildman–Crippen LogP) is 4.89. The number of hydrogen-bond acceptors (Lipinski definition) is 4. The Morgan fingerprint density at radius 3 is 2.33 bits per heavy atom. The van der Waals surface area contributed by atoms with Gasteiger partial charge in [0.2, 0.25) is 0 Å². The lowest BCUT2D eigenvalue weighted by Gasteiger charge is -2.36. The van der Waals surface area contributed by atoms with Crippen LogP contribution >= 0.6 is 0 Å². The summed E-state index contributed by atoms with van der Waals surface area (Å²) in [5, 5.41) is 1.10. The monoisotopic (exact) mass is 479 g/mol. The van der Waals surface area contributed by atoms with Gasteiger partial charge >= 0.3 is 0 Å². The zero-order chi connectivity index (χ0) is 25.0. The van der Waals surface area contributed by atoms with Crippen LogP contribution in [-0.4, -0.2) is 72.5 Å². The van der Waals surface area contributed by atoms with Gasteiger partial charge in [0.25, 0.3) is 5.91 Å². The third-order valence-electron chi connectivity index (χ3n) is 7.88. The van der Waals surface area contributed by atoms with Gasteiger partial charge in [0, 0.05) is 79.9 Å². The third-order valence-corrected chi connectivity index (χ3v) is 7.88. The van der Waals surface area contributed by atoms with Gasteiger partial charge in [-0.2, -0.15) is 0 Å². The molecule has 6 heteroatoms. The second-order valence-corrected chi connectivity index (χ2v) is 10.4. The van der Waals surface area contributed by atoms with Crippen molar-refractivity contribution in [3.05, 3.63) is 71.0 Å². The van der Waals surface area contributed by atoms with Gasteiger partial charge in [0.15, 0.2) is 0 Å². The molecule has 0 atom stereocenters. The quantitative estimate of drug-likeness (QED) is 0.454. The van der Waals surface area contributed by atoms with E-state index < -0.39 is 0 Å². The van der Waals surface area contributed by atoms with Gasteiger partial charge in [-0.05, 0) is 79.4 Å². The lowest BCUT2D eigenvalue weighted by Crippen LogP contribution is -2.45. The highest BCUT2D eigenvalue weighted by Gasteiger charge is 2.22. The van der Waals surface area contributed by atoms with Crippen molar-refractivity contribution < 1.29 is 4.79 Å². The van der Waals surface area contributed by atoms with Crippen LogP contribution in [0.25, 0.3) is 33.3 Å². The molecule has 2 aliphatic rings. The summed E-state index contributed by atoms with van der Waals surface area (Å²) in [5.41, 5.74) is 11.4. The number of pyridine rings is 1. The minimum atomic E-state index is 0.108. The summed E-state index contributed by atoms with van der Waals surface area (Å²) in [7, 11) is 4.06. The Morgan fingerprint density at radius 1 is 0.833 bits per heavy atom. The number of piperazine rings is 1. The molecule has 0 unspecified atom stereocenters. The molecule has 1 saturated heterocycles. The summed E-state index contributed by atoms with van der Waals surface area (Å²) in [6.07, 6.45) is 4.89. The fourth-order valence-electron chi connectivity index (χ4n) is 5.82. The van der Waals surface area contributed by atoms with Crippen molar-refractivity contribution in [3.8, 4) is 22.3 Å². The summed E-state index contributed by atoms with van der Waals surface area (Å²) >= 11 is 0. The number of anilines is 1. The van der Waals surface area contributed by atoms with E-state index >= 15 is 0 Å². The highest BCUT2D eigenvalue weighted by Crippen LogP contribution is 2.35. The number of carbonyl (C=O) groups is 1. The van der Waals surface area contributed by atoms with Crippen LogP contribution in [0.5, 0.6) is 0 Å². The van der Waals surface area contributed by atoms with E-state index in [0.717, 1.165) is 78.0 Å². The Bertz CT molecular complexity index is 1460. The van der Waals surface area contributed by atoms with Crippen molar-refractivity contribution in [2.24, 2.45) is 0 Å². The van der Waals surface area contributed by atoms with E-state index in [0.29, 0.717) is 0 Å². The number of aromatic amines is 1. The van der Waals surface area contributed by atoms with Crippen molar-refractivity contribution in [1.29, 1.82) is 0 Å². The van der Waals surface area contributed by atoms with E-state index in [1.807, 2.05) is 25.5 Å².